The molecular formula is C28H17NO6. The van der Waals surface area contributed by atoms with E-state index >= 15 is 0 Å². The van der Waals surface area contributed by atoms with Crippen LogP contribution in [0.4, 0.5) is 0 Å². The van der Waals surface area contributed by atoms with Gasteiger partial charge in [0.15, 0.2) is 5.58 Å². The lowest BCUT2D eigenvalue weighted by Gasteiger charge is -2.21. The molecule has 1 aliphatic rings. The van der Waals surface area contributed by atoms with Crippen molar-refractivity contribution >= 4 is 50.3 Å². The molecule has 4 aromatic carbocycles. The van der Waals surface area contributed by atoms with Crippen LogP contribution in [0, 0.1) is 0 Å². The number of imide groups is 1. The number of hydrogen-bond acceptors (Lipinski definition) is 6. The van der Waals surface area contributed by atoms with Crippen molar-refractivity contribution in [2.45, 2.75) is 13.0 Å². The Bertz CT molecular complexity index is 1750. The number of nitrogens with zero attached hydrogens (tertiary/aromatic N) is 1. The van der Waals surface area contributed by atoms with Crippen LogP contribution in [0.5, 0.6) is 5.75 Å². The van der Waals surface area contributed by atoms with Gasteiger partial charge >= 0.3 is 11.6 Å². The average molecular weight is 463 g/mol. The largest absolute Gasteiger partial charge is 0.424 e. The summed E-state index contributed by atoms with van der Waals surface area (Å²) in [6, 6.07) is 21.1. The minimum Gasteiger partial charge on any atom is -0.424 e. The predicted molar refractivity (Wildman–Crippen MR) is 130 cm³/mol. The van der Waals surface area contributed by atoms with Gasteiger partial charge in [0.05, 0.1) is 21.9 Å². The minimum absolute atomic E-state index is 0.173. The SMILES string of the molecule is C[C@@H](C(=O)Oc1cc2ccccc2c2oc(=O)c3ccccc3c12)N1C(=O)c2ccccc2C1=O. The molecule has 35 heavy (non-hydrogen) atoms. The zero-order valence-electron chi connectivity index (χ0n) is 18.5. The summed E-state index contributed by atoms with van der Waals surface area (Å²) in [5.74, 6) is -1.71. The van der Waals surface area contributed by atoms with Gasteiger partial charge in [0.2, 0.25) is 0 Å². The maximum absolute atomic E-state index is 13.3. The van der Waals surface area contributed by atoms with Crippen LogP contribution in [0.1, 0.15) is 27.6 Å². The maximum atomic E-state index is 13.3. The van der Waals surface area contributed by atoms with Gasteiger partial charge in [-0.3, -0.25) is 14.5 Å². The monoisotopic (exact) mass is 463 g/mol. The van der Waals surface area contributed by atoms with Crippen LogP contribution < -0.4 is 10.4 Å². The minimum atomic E-state index is -1.18. The highest BCUT2D eigenvalue weighted by molar-refractivity contribution is 6.23. The quantitative estimate of drug-likeness (QED) is 0.127. The first-order chi connectivity index (χ1) is 17.0. The van der Waals surface area contributed by atoms with E-state index in [9.17, 15) is 19.2 Å². The van der Waals surface area contributed by atoms with E-state index in [1.165, 1.54) is 6.92 Å². The average Bonchev–Trinajstić information content (AvgIpc) is 3.13. The van der Waals surface area contributed by atoms with Crippen molar-refractivity contribution in [3.8, 4) is 5.75 Å². The van der Waals surface area contributed by atoms with Crippen LogP contribution >= 0.6 is 0 Å². The van der Waals surface area contributed by atoms with Gasteiger partial charge in [-0.15, -0.1) is 0 Å². The molecule has 0 saturated heterocycles. The summed E-state index contributed by atoms with van der Waals surface area (Å²) in [7, 11) is 0. The van der Waals surface area contributed by atoms with E-state index in [2.05, 4.69) is 0 Å². The number of hydrogen-bond donors (Lipinski definition) is 0. The van der Waals surface area contributed by atoms with Crippen molar-refractivity contribution in [3.05, 3.63) is 100 Å². The molecule has 2 amide bonds. The molecule has 5 aromatic rings. The smallest absolute Gasteiger partial charge is 0.344 e. The third-order valence-electron chi connectivity index (χ3n) is 6.34. The molecule has 1 aromatic heterocycles. The highest BCUT2D eigenvalue weighted by atomic mass is 16.5. The fourth-order valence-corrected chi connectivity index (χ4v) is 4.62. The van der Waals surface area contributed by atoms with Crippen molar-refractivity contribution in [1.82, 2.24) is 4.90 Å². The standard InChI is InChI=1S/C28H17NO6/c1-15(29-25(30)19-11-5-6-12-20(19)26(29)31)27(32)34-22-14-16-8-2-3-9-17(16)24-23(22)18-10-4-7-13-21(18)28(33)35-24/h2-15H,1H3/t15-/m0/s1. The number of benzene rings is 4. The molecule has 6 rings (SSSR count). The molecule has 2 heterocycles. The van der Waals surface area contributed by atoms with E-state index in [0.717, 1.165) is 4.90 Å². The molecule has 1 atom stereocenters. The number of esters is 1. The van der Waals surface area contributed by atoms with E-state index < -0.39 is 29.5 Å². The van der Waals surface area contributed by atoms with Crippen LogP contribution in [0.25, 0.3) is 32.5 Å². The summed E-state index contributed by atoms with van der Waals surface area (Å²) in [5, 5.41) is 2.77. The Labute approximate surface area is 198 Å². The Morgan fingerprint density at radius 1 is 0.800 bits per heavy atom. The summed E-state index contributed by atoms with van der Waals surface area (Å²) >= 11 is 0. The van der Waals surface area contributed by atoms with E-state index in [0.29, 0.717) is 32.5 Å². The number of carbonyl (C=O) groups excluding carboxylic acids is 3. The zero-order chi connectivity index (χ0) is 24.3. The van der Waals surface area contributed by atoms with E-state index in [-0.39, 0.29) is 16.9 Å². The molecule has 7 nitrogen and oxygen atoms in total. The molecule has 1 aliphatic heterocycles. The first-order valence-corrected chi connectivity index (χ1v) is 11.0. The molecule has 0 fully saturated rings. The lowest BCUT2D eigenvalue weighted by atomic mass is 10.0. The molecule has 7 heteroatoms. The second-order valence-electron chi connectivity index (χ2n) is 8.36. The van der Waals surface area contributed by atoms with E-state index in [1.807, 2.05) is 24.3 Å². The predicted octanol–water partition coefficient (Wildman–Crippen LogP) is 4.69. The zero-order valence-corrected chi connectivity index (χ0v) is 18.5. The van der Waals surface area contributed by atoms with Gasteiger partial charge in [0.25, 0.3) is 11.8 Å². The van der Waals surface area contributed by atoms with Gasteiger partial charge in [-0.1, -0.05) is 54.6 Å². The Morgan fingerprint density at radius 3 is 2.06 bits per heavy atom. The Hall–Kier alpha value is -4.78. The molecule has 0 unspecified atom stereocenters. The lowest BCUT2D eigenvalue weighted by Crippen LogP contribution is -2.44. The highest BCUT2D eigenvalue weighted by Gasteiger charge is 2.41. The summed E-state index contributed by atoms with van der Waals surface area (Å²) in [6.07, 6.45) is 0. The molecule has 170 valence electrons. The summed E-state index contributed by atoms with van der Waals surface area (Å²) < 4.78 is 11.5. The molecule has 0 bridgehead atoms. The van der Waals surface area contributed by atoms with Gasteiger partial charge in [0.1, 0.15) is 11.8 Å². The fraction of sp³-hybridized carbons (Fsp3) is 0.0714. The third-order valence-corrected chi connectivity index (χ3v) is 6.34. The first kappa shape index (κ1) is 20.8. The van der Waals surface area contributed by atoms with Gasteiger partial charge < -0.3 is 9.15 Å². The van der Waals surface area contributed by atoms with Crippen molar-refractivity contribution < 1.29 is 23.5 Å². The van der Waals surface area contributed by atoms with Crippen molar-refractivity contribution in [3.63, 3.8) is 0 Å². The molecule has 0 aliphatic carbocycles. The van der Waals surface area contributed by atoms with E-state index in [4.69, 9.17) is 9.15 Å². The van der Waals surface area contributed by atoms with Crippen molar-refractivity contribution in [2.24, 2.45) is 0 Å². The number of fused-ring (bicyclic) bond motifs is 6. The Balaban J connectivity index is 1.48. The molecule has 0 N–H and O–H groups in total. The second-order valence-corrected chi connectivity index (χ2v) is 8.36. The number of amides is 2. The fourth-order valence-electron chi connectivity index (χ4n) is 4.62. The normalized spacial score (nSPS) is 14.0. The summed E-state index contributed by atoms with van der Waals surface area (Å²) in [5.41, 5.74) is 0.297. The summed E-state index contributed by atoms with van der Waals surface area (Å²) in [4.78, 5) is 52.6. The van der Waals surface area contributed by atoms with Gasteiger partial charge in [-0.05, 0) is 36.6 Å². The second kappa shape index (κ2) is 7.63. The maximum Gasteiger partial charge on any atom is 0.344 e. The van der Waals surface area contributed by atoms with Crippen LogP contribution in [0.3, 0.4) is 0 Å². The van der Waals surface area contributed by atoms with E-state index in [1.54, 1.807) is 54.6 Å². The van der Waals surface area contributed by atoms with Crippen molar-refractivity contribution in [2.75, 3.05) is 0 Å². The van der Waals surface area contributed by atoms with Crippen LogP contribution in [0.15, 0.2) is 88.1 Å². The van der Waals surface area contributed by atoms with Crippen LogP contribution in [-0.2, 0) is 4.79 Å². The van der Waals surface area contributed by atoms with Crippen molar-refractivity contribution in [1.29, 1.82) is 0 Å². The summed E-state index contributed by atoms with van der Waals surface area (Å²) in [6.45, 7) is 1.45. The van der Waals surface area contributed by atoms with Gasteiger partial charge in [-0.2, -0.15) is 0 Å². The Morgan fingerprint density at radius 2 is 1.37 bits per heavy atom. The third kappa shape index (κ3) is 3.05. The van der Waals surface area contributed by atoms with Crippen LogP contribution in [0.2, 0.25) is 0 Å². The number of carbonyl (C=O) groups is 3. The topological polar surface area (TPSA) is 93.9 Å². The number of ether oxygens (including phenoxy) is 1. The molecule has 0 spiro atoms. The molecular weight excluding hydrogens is 446 g/mol. The lowest BCUT2D eigenvalue weighted by molar-refractivity contribution is -0.138. The Kier molecular flexibility index (Phi) is 4.54. The highest BCUT2D eigenvalue weighted by Crippen LogP contribution is 2.37. The molecule has 0 saturated carbocycles. The van der Waals surface area contributed by atoms with Gasteiger partial charge in [0, 0.05) is 10.8 Å². The van der Waals surface area contributed by atoms with Gasteiger partial charge in [-0.25, -0.2) is 9.59 Å². The van der Waals surface area contributed by atoms with Crippen LogP contribution in [-0.4, -0.2) is 28.7 Å². The number of rotatable bonds is 3. The molecule has 0 radical (unpaired) electrons. The first-order valence-electron chi connectivity index (χ1n) is 11.0.